The van der Waals surface area contributed by atoms with Crippen LogP contribution in [0.4, 0.5) is 5.13 Å². The molecule has 0 radical (unpaired) electrons. The quantitative estimate of drug-likeness (QED) is 0.497. The number of rotatable bonds is 2. The van der Waals surface area contributed by atoms with Gasteiger partial charge in [-0.2, -0.15) is 0 Å². The van der Waals surface area contributed by atoms with Gasteiger partial charge in [0, 0.05) is 25.2 Å². The maximum Gasteiger partial charge on any atom is 0.210 e. The predicted molar refractivity (Wildman–Crippen MR) is 48.7 cm³/mol. The first-order valence-electron chi connectivity index (χ1n) is 3.31. The first-order chi connectivity index (χ1) is 5.18. The molecular weight excluding hydrogens is 158 g/mol. The van der Waals surface area contributed by atoms with Crippen molar-refractivity contribution in [3.05, 3.63) is 11.1 Å². The van der Waals surface area contributed by atoms with E-state index in [0.717, 1.165) is 5.13 Å². The van der Waals surface area contributed by atoms with Gasteiger partial charge in [0.05, 0.1) is 6.34 Å². The minimum atomic E-state index is 0.816. The van der Waals surface area contributed by atoms with Crippen molar-refractivity contribution in [2.45, 2.75) is 6.92 Å². The minimum Gasteiger partial charge on any atom is -0.369 e. The van der Waals surface area contributed by atoms with Crippen LogP contribution in [-0.4, -0.2) is 30.3 Å². The molecule has 4 heteroatoms. The Bertz CT molecular complexity index is 252. The fourth-order valence-corrected chi connectivity index (χ4v) is 1.17. The van der Waals surface area contributed by atoms with Gasteiger partial charge in [-0.25, -0.2) is 9.98 Å². The third-order valence-electron chi connectivity index (χ3n) is 1.01. The second-order valence-electron chi connectivity index (χ2n) is 2.46. The number of hydrogen-bond acceptors (Lipinski definition) is 3. The highest BCUT2D eigenvalue weighted by atomic mass is 32.1. The van der Waals surface area contributed by atoms with E-state index in [2.05, 4.69) is 9.98 Å². The topological polar surface area (TPSA) is 28.5 Å². The fraction of sp³-hybridized carbons (Fsp3) is 0.429. The molecule has 1 aromatic rings. The van der Waals surface area contributed by atoms with Gasteiger partial charge in [-0.15, -0.1) is 11.3 Å². The van der Waals surface area contributed by atoms with Crippen molar-refractivity contribution >= 4 is 22.8 Å². The number of aromatic nitrogens is 1. The average Bonchev–Trinajstić information content (AvgIpc) is 2.31. The van der Waals surface area contributed by atoms with E-state index in [1.807, 2.05) is 32.1 Å². The van der Waals surface area contributed by atoms with Crippen LogP contribution in [0.5, 0.6) is 0 Å². The standard InChI is InChI=1S/C7H11N3S/c1-6-4-8-7(11-6)9-5-10(2)3/h4-5H,1-3H3. The van der Waals surface area contributed by atoms with E-state index in [1.165, 1.54) is 4.88 Å². The summed E-state index contributed by atoms with van der Waals surface area (Å²) >= 11 is 1.59. The van der Waals surface area contributed by atoms with Crippen LogP contribution in [0.2, 0.25) is 0 Å². The van der Waals surface area contributed by atoms with Gasteiger partial charge in [0.2, 0.25) is 5.13 Å². The maximum atomic E-state index is 4.13. The van der Waals surface area contributed by atoms with Gasteiger partial charge < -0.3 is 4.90 Å². The Labute approximate surface area is 70.4 Å². The molecule has 0 saturated heterocycles. The van der Waals surface area contributed by atoms with E-state index in [-0.39, 0.29) is 0 Å². The Morgan fingerprint density at radius 3 is 2.82 bits per heavy atom. The second-order valence-corrected chi connectivity index (χ2v) is 3.67. The number of thiazole rings is 1. The lowest BCUT2D eigenvalue weighted by Crippen LogP contribution is -2.06. The van der Waals surface area contributed by atoms with Crippen molar-refractivity contribution in [2.75, 3.05) is 14.1 Å². The van der Waals surface area contributed by atoms with Crippen LogP contribution < -0.4 is 0 Å². The number of aryl methyl sites for hydroxylation is 1. The van der Waals surface area contributed by atoms with Crippen LogP contribution in [0.15, 0.2) is 11.2 Å². The molecule has 60 valence electrons. The molecule has 0 aliphatic carbocycles. The third kappa shape index (κ3) is 2.67. The normalized spacial score (nSPS) is 10.8. The van der Waals surface area contributed by atoms with Crippen LogP contribution in [0.25, 0.3) is 0 Å². The van der Waals surface area contributed by atoms with Gasteiger partial charge in [-0.1, -0.05) is 0 Å². The summed E-state index contributed by atoms with van der Waals surface area (Å²) in [6, 6.07) is 0. The van der Waals surface area contributed by atoms with Crippen molar-refractivity contribution in [1.29, 1.82) is 0 Å². The molecule has 0 spiro atoms. The Kier molecular flexibility index (Phi) is 2.59. The van der Waals surface area contributed by atoms with Gasteiger partial charge in [0.15, 0.2) is 0 Å². The lowest BCUT2D eigenvalue weighted by Gasteiger charge is -1.99. The molecule has 0 aliphatic heterocycles. The Hall–Kier alpha value is -0.900. The van der Waals surface area contributed by atoms with Crippen LogP contribution in [0.3, 0.4) is 0 Å². The van der Waals surface area contributed by atoms with E-state index >= 15 is 0 Å². The van der Waals surface area contributed by atoms with Crippen LogP contribution in [0, 0.1) is 6.92 Å². The summed E-state index contributed by atoms with van der Waals surface area (Å²) in [6.07, 6.45) is 3.57. The minimum absolute atomic E-state index is 0.816. The zero-order valence-corrected chi connectivity index (χ0v) is 7.72. The first-order valence-corrected chi connectivity index (χ1v) is 4.13. The fourth-order valence-electron chi connectivity index (χ4n) is 0.567. The van der Waals surface area contributed by atoms with Crippen LogP contribution in [0.1, 0.15) is 4.88 Å². The lowest BCUT2D eigenvalue weighted by molar-refractivity contribution is 0.643. The molecule has 3 nitrogen and oxygen atoms in total. The van der Waals surface area contributed by atoms with Crippen molar-refractivity contribution in [2.24, 2.45) is 4.99 Å². The van der Waals surface area contributed by atoms with E-state index < -0.39 is 0 Å². The molecule has 11 heavy (non-hydrogen) atoms. The lowest BCUT2D eigenvalue weighted by atomic mass is 10.7. The monoisotopic (exact) mass is 169 g/mol. The summed E-state index contributed by atoms with van der Waals surface area (Å²) in [6.45, 7) is 2.02. The molecular formula is C7H11N3S. The summed E-state index contributed by atoms with van der Waals surface area (Å²) in [4.78, 5) is 11.3. The van der Waals surface area contributed by atoms with Gasteiger partial charge in [-0.3, -0.25) is 0 Å². The molecule has 1 aromatic heterocycles. The van der Waals surface area contributed by atoms with E-state index in [1.54, 1.807) is 17.7 Å². The Balaban J connectivity index is 2.64. The Morgan fingerprint density at radius 2 is 2.36 bits per heavy atom. The summed E-state index contributed by atoms with van der Waals surface area (Å²) in [7, 11) is 3.87. The largest absolute Gasteiger partial charge is 0.369 e. The predicted octanol–water partition coefficient (Wildman–Crippen LogP) is 1.67. The number of hydrogen-bond donors (Lipinski definition) is 0. The molecule has 0 unspecified atom stereocenters. The zero-order valence-electron chi connectivity index (χ0n) is 6.90. The molecule has 0 fully saturated rings. The zero-order chi connectivity index (χ0) is 8.27. The van der Waals surface area contributed by atoms with Crippen LogP contribution in [-0.2, 0) is 0 Å². The second kappa shape index (κ2) is 3.48. The van der Waals surface area contributed by atoms with Gasteiger partial charge in [0.1, 0.15) is 0 Å². The molecule has 1 heterocycles. The first kappa shape index (κ1) is 8.20. The molecule has 0 N–H and O–H groups in total. The molecule has 0 amide bonds. The number of aliphatic imine (C=N–C) groups is 1. The highest BCUT2D eigenvalue weighted by Gasteiger charge is 1.92. The summed E-state index contributed by atoms with van der Waals surface area (Å²) in [5, 5.41) is 0.816. The van der Waals surface area contributed by atoms with Gasteiger partial charge in [0.25, 0.3) is 0 Å². The maximum absolute atomic E-state index is 4.13. The highest BCUT2D eigenvalue weighted by Crippen LogP contribution is 2.18. The number of nitrogens with zero attached hydrogens (tertiary/aromatic N) is 3. The molecule has 1 rings (SSSR count). The van der Waals surface area contributed by atoms with E-state index in [4.69, 9.17) is 0 Å². The molecule has 0 bridgehead atoms. The molecule has 0 saturated carbocycles. The smallest absolute Gasteiger partial charge is 0.210 e. The van der Waals surface area contributed by atoms with Gasteiger partial charge in [-0.05, 0) is 6.92 Å². The Morgan fingerprint density at radius 1 is 1.64 bits per heavy atom. The third-order valence-corrected chi connectivity index (χ3v) is 1.83. The molecule has 0 aromatic carbocycles. The SMILES string of the molecule is Cc1cnc(N=CN(C)C)s1. The van der Waals surface area contributed by atoms with Crippen molar-refractivity contribution in [3.63, 3.8) is 0 Å². The van der Waals surface area contributed by atoms with E-state index in [9.17, 15) is 0 Å². The summed E-state index contributed by atoms with van der Waals surface area (Å²) < 4.78 is 0. The average molecular weight is 169 g/mol. The van der Waals surface area contributed by atoms with Crippen LogP contribution >= 0.6 is 11.3 Å². The summed E-state index contributed by atoms with van der Waals surface area (Å²) in [5.41, 5.74) is 0. The summed E-state index contributed by atoms with van der Waals surface area (Å²) in [5.74, 6) is 0. The van der Waals surface area contributed by atoms with Crippen molar-refractivity contribution in [1.82, 2.24) is 9.88 Å². The van der Waals surface area contributed by atoms with E-state index in [0.29, 0.717) is 0 Å². The van der Waals surface area contributed by atoms with Gasteiger partial charge >= 0.3 is 0 Å². The highest BCUT2D eigenvalue weighted by molar-refractivity contribution is 7.15. The molecule has 0 atom stereocenters. The van der Waals surface area contributed by atoms with Crippen molar-refractivity contribution < 1.29 is 0 Å². The van der Waals surface area contributed by atoms with Crippen molar-refractivity contribution in [3.8, 4) is 0 Å². The molecule has 0 aliphatic rings.